The molecule has 1 saturated heterocycles. The highest BCUT2D eigenvalue weighted by atomic mass is 15.3. The van der Waals surface area contributed by atoms with Crippen molar-refractivity contribution in [1.82, 2.24) is 19.9 Å². The van der Waals surface area contributed by atoms with Gasteiger partial charge in [-0.05, 0) is 57.9 Å². The Morgan fingerprint density at radius 3 is 2.58 bits per heavy atom. The molecule has 3 aliphatic rings. The lowest BCUT2D eigenvalue weighted by Crippen LogP contribution is -2.47. The molecule has 0 aromatic carbocycles. The Bertz CT molecular complexity index is 780. The van der Waals surface area contributed by atoms with Crippen LogP contribution >= 0.6 is 0 Å². The van der Waals surface area contributed by atoms with E-state index in [-0.39, 0.29) is 0 Å². The van der Waals surface area contributed by atoms with Gasteiger partial charge in [0.25, 0.3) is 0 Å². The Hall–Kier alpha value is -2.24. The largest absolute Gasteiger partial charge is 0.356 e. The second-order valence-electron chi connectivity index (χ2n) is 7.80. The quantitative estimate of drug-likeness (QED) is 0.845. The summed E-state index contributed by atoms with van der Waals surface area (Å²) in [5.74, 6) is 3.23. The molecule has 2 fully saturated rings. The third-order valence-electron chi connectivity index (χ3n) is 5.95. The van der Waals surface area contributed by atoms with Gasteiger partial charge in [-0.15, -0.1) is 0 Å². The van der Waals surface area contributed by atoms with E-state index in [1.54, 1.807) is 6.33 Å². The predicted molar refractivity (Wildman–Crippen MR) is 102 cm³/mol. The highest BCUT2D eigenvalue weighted by molar-refractivity contribution is 5.52. The molecule has 1 saturated carbocycles. The molecule has 0 unspecified atom stereocenters. The van der Waals surface area contributed by atoms with Crippen molar-refractivity contribution < 1.29 is 0 Å². The lowest BCUT2D eigenvalue weighted by molar-refractivity contribution is 0.456. The van der Waals surface area contributed by atoms with Crippen molar-refractivity contribution in [1.29, 1.82) is 0 Å². The molecule has 1 aliphatic heterocycles. The van der Waals surface area contributed by atoms with Gasteiger partial charge in [0.2, 0.25) is 0 Å². The van der Waals surface area contributed by atoms with E-state index >= 15 is 0 Å². The molecule has 6 heteroatoms. The number of hydrogen-bond acceptors (Lipinski definition) is 6. The van der Waals surface area contributed by atoms with Gasteiger partial charge in [-0.2, -0.15) is 0 Å². The van der Waals surface area contributed by atoms with Crippen LogP contribution in [0.4, 0.5) is 11.6 Å². The van der Waals surface area contributed by atoms with E-state index < -0.39 is 0 Å². The van der Waals surface area contributed by atoms with Crippen LogP contribution in [0.15, 0.2) is 18.6 Å². The van der Waals surface area contributed by atoms with E-state index in [0.29, 0.717) is 12.1 Å². The second kappa shape index (κ2) is 6.49. The lowest BCUT2D eigenvalue weighted by atomic mass is 10.0. The number of piperidine rings is 1. The fourth-order valence-corrected chi connectivity index (χ4v) is 4.61. The van der Waals surface area contributed by atoms with E-state index in [9.17, 15) is 0 Å². The van der Waals surface area contributed by atoms with Crippen molar-refractivity contribution in [2.75, 3.05) is 22.9 Å². The van der Waals surface area contributed by atoms with Crippen LogP contribution in [-0.2, 0) is 12.8 Å². The SMILES string of the molecule is Cc1nc2c(c(N3CCC(N(c4ccncn4)C4CC4)CC3)n1)CCC2. The van der Waals surface area contributed by atoms with Crippen LogP contribution in [0, 0.1) is 6.92 Å². The zero-order chi connectivity index (χ0) is 17.5. The molecule has 2 aromatic rings. The summed E-state index contributed by atoms with van der Waals surface area (Å²) in [6.45, 7) is 4.17. The predicted octanol–water partition coefficient (Wildman–Crippen LogP) is 2.70. The zero-order valence-corrected chi connectivity index (χ0v) is 15.4. The van der Waals surface area contributed by atoms with Crippen LogP contribution in [0.2, 0.25) is 0 Å². The third-order valence-corrected chi connectivity index (χ3v) is 5.95. The van der Waals surface area contributed by atoms with Crippen LogP contribution < -0.4 is 9.80 Å². The molecule has 136 valence electrons. The molecular weight excluding hydrogens is 324 g/mol. The van der Waals surface area contributed by atoms with E-state index in [1.807, 2.05) is 13.1 Å². The minimum absolute atomic E-state index is 0.574. The van der Waals surface area contributed by atoms with Crippen LogP contribution in [0.1, 0.15) is 49.2 Å². The number of fused-ring (bicyclic) bond motifs is 1. The first-order chi connectivity index (χ1) is 12.8. The first kappa shape index (κ1) is 16.0. The van der Waals surface area contributed by atoms with Crippen LogP contribution in [0.5, 0.6) is 0 Å². The van der Waals surface area contributed by atoms with Crippen molar-refractivity contribution in [2.24, 2.45) is 0 Å². The number of rotatable bonds is 4. The summed E-state index contributed by atoms with van der Waals surface area (Å²) in [5, 5.41) is 0. The van der Waals surface area contributed by atoms with Crippen molar-refractivity contribution in [2.45, 2.75) is 64.0 Å². The summed E-state index contributed by atoms with van der Waals surface area (Å²) in [6, 6.07) is 3.31. The summed E-state index contributed by atoms with van der Waals surface area (Å²) in [4.78, 5) is 23.2. The molecule has 0 amide bonds. The van der Waals surface area contributed by atoms with Gasteiger partial charge >= 0.3 is 0 Å². The topological polar surface area (TPSA) is 58.0 Å². The third kappa shape index (κ3) is 2.91. The summed E-state index contributed by atoms with van der Waals surface area (Å²) in [6.07, 6.45) is 11.9. The van der Waals surface area contributed by atoms with Crippen molar-refractivity contribution in [3.63, 3.8) is 0 Å². The molecule has 0 bridgehead atoms. The molecule has 5 rings (SSSR count). The maximum Gasteiger partial charge on any atom is 0.135 e. The molecular formula is C20H26N6. The Balaban J connectivity index is 1.34. The van der Waals surface area contributed by atoms with E-state index in [0.717, 1.165) is 37.6 Å². The molecule has 6 nitrogen and oxygen atoms in total. The van der Waals surface area contributed by atoms with Gasteiger partial charge in [0.15, 0.2) is 0 Å². The molecule has 2 aromatic heterocycles. The maximum absolute atomic E-state index is 4.82. The first-order valence-electron chi connectivity index (χ1n) is 9.95. The average molecular weight is 350 g/mol. The standard InChI is InChI=1S/C20H26N6/c1-14-23-18-4-2-3-17(18)20(24-14)25-11-8-16(9-12-25)26(15-5-6-15)19-7-10-21-13-22-19/h7,10,13,15-16H,2-6,8-9,11-12H2,1H3. The number of anilines is 2. The van der Waals surface area contributed by atoms with Gasteiger partial charge in [-0.3, -0.25) is 0 Å². The Morgan fingerprint density at radius 1 is 1.04 bits per heavy atom. The van der Waals surface area contributed by atoms with Gasteiger partial charge < -0.3 is 9.80 Å². The number of aryl methyl sites for hydroxylation is 2. The van der Waals surface area contributed by atoms with E-state index in [4.69, 9.17) is 4.98 Å². The lowest BCUT2D eigenvalue weighted by Gasteiger charge is -2.40. The highest BCUT2D eigenvalue weighted by Gasteiger charge is 2.37. The minimum Gasteiger partial charge on any atom is -0.356 e. The summed E-state index contributed by atoms with van der Waals surface area (Å²) in [5.41, 5.74) is 2.69. The highest BCUT2D eigenvalue weighted by Crippen LogP contribution is 2.36. The van der Waals surface area contributed by atoms with Gasteiger partial charge in [-0.1, -0.05) is 0 Å². The van der Waals surface area contributed by atoms with Crippen LogP contribution in [-0.4, -0.2) is 45.1 Å². The molecule has 3 heterocycles. The molecule has 0 N–H and O–H groups in total. The fraction of sp³-hybridized carbons (Fsp3) is 0.600. The number of aromatic nitrogens is 4. The maximum atomic E-state index is 4.82. The average Bonchev–Trinajstić information content (AvgIpc) is 3.39. The zero-order valence-electron chi connectivity index (χ0n) is 15.4. The smallest absolute Gasteiger partial charge is 0.135 e. The first-order valence-corrected chi connectivity index (χ1v) is 9.95. The minimum atomic E-state index is 0.574. The molecule has 0 spiro atoms. The Morgan fingerprint density at radius 2 is 1.85 bits per heavy atom. The number of hydrogen-bond donors (Lipinski definition) is 0. The van der Waals surface area contributed by atoms with Crippen molar-refractivity contribution >= 4 is 11.6 Å². The molecule has 2 aliphatic carbocycles. The van der Waals surface area contributed by atoms with E-state index in [1.165, 1.54) is 49.2 Å². The summed E-state index contributed by atoms with van der Waals surface area (Å²) < 4.78 is 0. The molecule has 26 heavy (non-hydrogen) atoms. The fourth-order valence-electron chi connectivity index (χ4n) is 4.61. The molecule has 0 atom stereocenters. The van der Waals surface area contributed by atoms with Gasteiger partial charge in [0, 0.05) is 42.6 Å². The van der Waals surface area contributed by atoms with Gasteiger partial charge in [0.05, 0.1) is 0 Å². The van der Waals surface area contributed by atoms with Crippen molar-refractivity contribution in [3.8, 4) is 0 Å². The van der Waals surface area contributed by atoms with Gasteiger partial charge in [0.1, 0.15) is 23.8 Å². The monoisotopic (exact) mass is 350 g/mol. The molecule has 0 radical (unpaired) electrons. The van der Waals surface area contributed by atoms with E-state index in [2.05, 4.69) is 30.8 Å². The van der Waals surface area contributed by atoms with Gasteiger partial charge in [-0.25, -0.2) is 19.9 Å². The Labute approximate surface area is 154 Å². The van der Waals surface area contributed by atoms with Crippen LogP contribution in [0.3, 0.4) is 0 Å². The van der Waals surface area contributed by atoms with Crippen molar-refractivity contribution in [3.05, 3.63) is 35.7 Å². The summed E-state index contributed by atoms with van der Waals surface area (Å²) >= 11 is 0. The summed E-state index contributed by atoms with van der Waals surface area (Å²) in [7, 11) is 0. The second-order valence-corrected chi connectivity index (χ2v) is 7.80. The Kier molecular flexibility index (Phi) is 3.98. The normalized spacial score (nSPS) is 20.3. The van der Waals surface area contributed by atoms with Crippen LogP contribution in [0.25, 0.3) is 0 Å². The number of nitrogens with zero attached hydrogens (tertiary/aromatic N) is 6.